The van der Waals surface area contributed by atoms with Gasteiger partial charge in [-0.1, -0.05) is 30.3 Å². The molecule has 1 aromatic carbocycles. The fraction of sp³-hybridized carbons (Fsp3) is 0.250. The van der Waals surface area contributed by atoms with E-state index in [9.17, 15) is 0 Å². The van der Waals surface area contributed by atoms with Crippen LogP contribution in [0.25, 0.3) is 22.6 Å². The highest BCUT2D eigenvalue weighted by atomic mass is 15.2. The molecule has 108 valence electrons. The van der Waals surface area contributed by atoms with Crippen LogP contribution in [0.15, 0.2) is 42.7 Å². The summed E-state index contributed by atoms with van der Waals surface area (Å²) in [4.78, 5) is 4.77. The van der Waals surface area contributed by atoms with Crippen molar-refractivity contribution in [2.24, 2.45) is 7.05 Å². The molecule has 3 rings (SSSR count). The smallest absolute Gasteiger partial charge is 0.142 e. The Balaban J connectivity index is 2.21. The van der Waals surface area contributed by atoms with Crippen molar-refractivity contribution in [1.82, 2.24) is 19.3 Å². The number of hydrogen-bond acceptors (Lipinski definition) is 3. The summed E-state index contributed by atoms with van der Waals surface area (Å²) >= 11 is 0. The van der Waals surface area contributed by atoms with Crippen molar-refractivity contribution in [3.05, 3.63) is 42.7 Å². The van der Waals surface area contributed by atoms with E-state index in [1.54, 1.807) is 10.9 Å². The van der Waals surface area contributed by atoms with Gasteiger partial charge in [-0.25, -0.2) is 4.98 Å². The van der Waals surface area contributed by atoms with E-state index in [0.29, 0.717) is 5.82 Å². The molecule has 0 radical (unpaired) electrons. The number of rotatable bonds is 3. The first kappa shape index (κ1) is 13.4. The second-order valence-electron chi connectivity index (χ2n) is 5.40. The van der Waals surface area contributed by atoms with Gasteiger partial charge >= 0.3 is 0 Å². The largest absolute Gasteiger partial charge is 0.383 e. The van der Waals surface area contributed by atoms with Gasteiger partial charge in [-0.15, -0.1) is 0 Å². The zero-order chi connectivity index (χ0) is 15.0. The highest BCUT2D eigenvalue weighted by molar-refractivity contribution is 5.75. The molecule has 0 fully saturated rings. The molecule has 0 saturated heterocycles. The molecule has 0 atom stereocenters. The average Bonchev–Trinajstić information content (AvgIpc) is 3.03. The lowest BCUT2D eigenvalue weighted by Gasteiger charge is -2.13. The van der Waals surface area contributed by atoms with E-state index < -0.39 is 0 Å². The van der Waals surface area contributed by atoms with Gasteiger partial charge in [0, 0.05) is 30.4 Å². The Morgan fingerprint density at radius 3 is 2.38 bits per heavy atom. The van der Waals surface area contributed by atoms with Crippen molar-refractivity contribution >= 4 is 5.82 Å². The first-order valence-electron chi connectivity index (χ1n) is 7.00. The zero-order valence-electron chi connectivity index (χ0n) is 12.5. The normalized spacial score (nSPS) is 11.2. The number of imidazole rings is 1. The Labute approximate surface area is 124 Å². The first-order valence-corrected chi connectivity index (χ1v) is 7.00. The van der Waals surface area contributed by atoms with Gasteiger partial charge in [-0.3, -0.25) is 4.68 Å². The third-order valence-corrected chi connectivity index (χ3v) is 3.47. The predicted molar refractivity (Wildman–Crippen MR) is 84.7 cm³/mol. The molecule has 5 nitrogen and oxygen atoms in total. The van der Waals surface area contributed by atoms with Crippen LogP contribution in [0.3, 0.4) is 0 Å². The summed E-state index contributed by atoms with van der Waals surface area (Å²) in [5, 5.41) is 4.20. The molecule has 5 heteroatoms. The van der Waals surface area contributed by atoms with Gasteiger partial charge in [0.2, 0.25) is 0 Å². The number of nitrogens with two attached hydrogens (primary N) is 1. The van der Waals surface area contributed by atoms with E-state index in [4.69, 9.17) is 10.7 Å². The van der Waals surface area contributed by atoms with E-state index in [-0.39, 0.29) is 6.04 Å². The molecule has 0 spiro atoms. The van der Waals surface area contributed by atoms with E-state index in [1.807, 2.05) is 43.6 Å². The van der Waals surface area contributed by atoms with Crippen molar-refractivity contribution in [1.29, 1.82) is 0 Å². The molecular weight excluding hydrogens is 262 g/mol. The lowest BCUT2D eigenvalue weighted by molar-refractivity contribution is 0.614. The van der Waals surface area contributed by atoms with Crippen LogP contribution in [0.1, 0.15) is 19.9 Å². The van der Waals surface area contributed by atoms with Crippen LogP contribution in [0.5, 0.6) is 0 Å². The van der Waals surface area contributed by atoms with Gasteiger partial charge in [0.25, 0.3) is 0 Å². The number of hydrogen-bond donors (Lipinski definition) is 1. The molecule has 0 bridgehead atoms. The Bertz CT molecular complexity index is 752. The molecule has 2 N–H and O–H groups in total. The molecule has 2 aromatic heterocycles. The monoisotopic (exact) mass is 281 g/mol. The predicted octanol–water partition coefficient (Wildman–Crippen LogP) is 3.11. The van der Waals surface area contributed by atoms with Crippen LogP contribution >= 0.6 is 0 Å². The number of anilines is 1. The van der Waals surface area contributed by atoms with Gasteiger partial charge in [0.15, 0.2) is 0 Å². The lowest BCUT2D eigenvalue weighted by atomic mass is 10.2. The van der Waals surface area contributed by atoms with Crippen molar-refractivity contribution < 1.29 is 0 Å². The third kappa shape index (κ3) is 2.31. The second kappa shape index (κ2) is 5.09. The summed E-state index contributed by atoms with van der Waals surface area (Å²) in [6.45, 7) is 4.22. The van der Waals surface area contributed by atoms with Crippen LogP contribution in [0.4, 0.5) is 5.82 Å². The van der Waals surface area contributed by atoms with Gasteiger partial charge in [-0.2, -0.15) is 5.10 Å². The van der Waals surface area contributed by atoms with E-state index in [0.717, 1.165) is 22.6 Å². The lowest BCUT2D eigenvalue weighted by Crippen LogP contribution is -2.07. The minimum Gasteiger partial charge on any atom is -0.383 e. The molecule has 0 aliphatic rings. The molecule has 0 amide bonds. The molecule has 3 aromatic rings. The van der Waals surface area contributed by atoms with Crippen LogP contribution in [0, 0.1) is 0 Å². The number of benzene rings is 1. The van der Waals surface area contributed by atoms with Crippen LogP contribution in [-0.4, -0.2) is 19.3 Å². The maximum absolute atomic E-state index is 6.35. The van der Waals surface area contributed by atoms with Gasteiger partial charge in [-0.05, 0) is 13.8 Å². The Morgan fingerprint density at radius 2 is 1.81 bits per heavy atom. The molecule has 0 unspecified atom stereocenters. The average molecular weight is 281 g/mol. The van der Waals surface area contributed by atoms with Gasteiger partial charge < -0.3 is 10.3 Å². The number of nitrogen functional groups attached to an aromatic ring is 1. The summed E-state index contributed by atoms with van der Waals surface area (Å²) in [5.74, 6) is 1.57. The summed E-state index contributed by atoms with van der Waals surface area (Å²) in [6.07, 6.45) is 3.72. The molecule has 0 aliphatic heterocycles. The van der Waals surface area contributed by atoms with Crippen LogP contribution in [0.2, 0.25) is 0 Å². The fourth-order valence-electron chi connectivity index (χ4n) is 2.51. The second-order valence-corrected chi connectivity index (χ2v) is 5.40. The molecule has 0 saturated carbocycles. The van der Waals surface area contributed by atoms with Crippen molar-refractivity contribution in [3.63, 3.8) is 0 Å². The summed E-state index contributed by atoms with van der Waals surface area (Å²) in [5.41, 5.74) is 9.13. The van der Waals surface area contributed by atoms with Crippen LogP contribution < -0.4 is 5.73 Å². The van der Waals surface area contributed by atoms with E-state index in [1.165, 1.54) is 0 Å². The van der Waals surface area contributed by atoms with E-state index >= 15 is 0 Å². The number of aromatic nitrogens is 4. The fourth-order valence-corrected chi connectivity index (χ4v) is 2.51. The summed E-state index contributed by atoms with van der Waals surface area (Å²) < 4.78 is 3.82. The summed E-state index contributed by atoms with van der Waals surface area (Å²) in [6, 6.07) is 10.3. The van der Waals surface area contributed by atoms with Gasteiger partial charge in [0.05, 0.1) is 6.20 Å². The number of aryl methyl sites for hydroxylation is 1. The highest BCUT2D eigenvalue weighted by Crippen LogP contribution is 2.33. The van der Waals surface area contributed by atoms with Crippen molar-refractivity contribution in [2.45, 2.75) is 19.9 Å². The Hall–Kier alpha value is -2.56. The highest BCUT2D eigenvalue weighted by Gasteiger charge is 2.19. The minimum absolute atomic E-state index is 0.234. The topological polar surface area (TPSA) is 61.7 Å². The standard InChI is InChI=1S/C16H19N5/c1-11(2)21-15(17)14(13-9-18-20(3)10-13)19-16(21)12-7-5-4-6-8-12/h4-11H,17H2,1-3H3. The molecule has 2 heterocycles. The zero-order valence-corrected chi connectivity index (χ0v) is 12.5. The quantitative estimate of drug-likeness (QED) is 0.802. The molecular formula is C16H19N5. The van der Waals surface area contributed by atoms with Gasteiger partial charge in [0.1, 0.15) is 17.3 Å². The SMILES string of the molecule is CC(C)n1c(-c2ccccc2)nc(-c2cnn(C)c2)c1N. The summed E-state index contributed by atoms with van der Waals surface area (Å²) in [7, 11) is 1.89. The third-order valence-electron chi connectivity index (χ3n) is 3.47. The number of nitrogens with zero attached hydrogens (tertiary/aromatic N) is 4. The Morgan fingerprint density at radius 1 is 1.10 bits per heavy atom. The van der Waals surface area contributed by atoms with Crippen LogP contribution in [-0.2, 0) is 7.05 Å². The van der Waals surface area contributed by atoms with E-state index in [2.05, 4.69) is 23.5 Å². The Kier molecular flexibility index (Phi) is 3.25. The minimum atomic E-state index is 0.234. The van der Waals surface area contributed by atoms with Crippen molar-refractivity contribution in [2.75, 3.05) is 5.73 Å². The molecule has 21 heavy (non-hydrogen) atoms. The maximum atomic E-state index is 6.35. The molecule has 0 aliphatic carbocycles. The van der Waals surface area contributed by atoms with Crippen molar-refractivity contribution in [3.8, 4) is 22.6 Å². The maximum Gasteiger partial charge on any atom is 0.142 e. The first-order chi connectivity index (χ1) is 10.1.